The summed E-state index contributed by atoms with van der Waals surface area (Å²) in [5.74, 6) is 1.67. The third-order valence-electron chi connectivity index (χ3n) is 4.92. The van der Waals surface area contributed by atoms with Gasteiger partial charge in [-0.05, 0) is 42.0 Å². The highest BCUT2D eigenvalue weighted by Crippen LogP contribution is 2.33. The van der Waals surface area contributed by atoms with Gasteiger partial charge in [0.05, 0.1) is 21.5 Å². The van der Waals surface area contributed by atoms with Crippen molar-refractivity contribution in [1.82, 2.24) is 9.55 Å². The van der Waals surface area contributed by atoms with Crippen LogP contribution in [0.15, 0.2) is 71.5 Å². The van der Waals surface area contributed by atoms with Crippen molar-refractivity contribution < 1.29 is 14.4 Å². The number of non-ortho nitro benzene ring substituents is 1. The van der Waals surface area contributed by atoms with Crippen molar-refractivity contribution in [2.24, 2.45) is 0 Å². The molecular formula is C23H15N3O5. The normalized spacial score (nSPS) is 12.5. The first kappa shape index (κ1) is 18.6. The van der Waals surface area contributed by atoms with E-state index in [-0.39, 0.29) is 18.0 Å². The second kappa shape index (κ2) is 7.42. The molecule has 5 rings (SSSR count). The zero-order valence-electron chi connectivity index (χ0n) is 16.1. The minimum atomic E-state index is -0.495. The summed E-state index contributed by atoms with van der Waals surface area (Å²) in [6.45, 7) is 0.182. The van der Waals surface area contributed by atoms with Crippen LogP contribution in [0.4, 0.5) is 5.69 Å². The number of para-hydroxylation sites is 1. The van der Waals surface area contributed by atoms with Crippen molar-refractivity contribution in [3.05, 3.63) is 98.6 Å². The van der Waals surface area contributed by atoms with E-state index in [9.17, 15) is 14.9 Å². The van der Waals surface area contributed by atoms with Crippen LogP contribution in [0.5, 0.6) is 11.5 Å². The first-order chi connectivity index (χ1) is 15.1. The van der Waals surface area contributed by atoms with Gasteiger partial charge in [-0.2, -0.15) is 0 Å². The van der Waals surface area contributed by atoms with Crippen LogP contribution in [0.3, 0.4) is 0 Å². The Kier molecular flexibility index (Phi) is 4.44. The van der Waals surface area contributed by atoms with Crippen LogP contribution in [0.25, 0.3) is 28.7 Å². The summed E-state index contributed by atoms with van der Waals surface area (Å²) in [7, 11) is 0. The maximum absolute atomic E-state index is 13.3. The van der Waals surface area contributed by atoms with Crippen LogP contribution in [0.1, 0.15) is 11.4 Å². The topological polar surface area (TPSA) is 96.5 Å². The number of fused-ring (bicyclic) bond motifs is 2. The van der Waals surface area contributed by atoms with Gasteiger partial charge in [-0.3, -0.25) is 19.5 Å². The fraction of sp³-hybridized carbons (Fsp3) is 0.0435. The maximum Gasteiger partial charge on any atom is 0.271 e. The summed E-state index contributed by atoms with van der Waals surface area (Å²) < 4.78 is 12.1. The Hall–Kier alpha value is -4.46. The average Bonchev–Trinajstić information content (AvgIpc) is 3.26. The molecule has 2 heterocycles. The summed E-state index contributed by atoms with van der Waals surface area (Å²) in [6.07, 6.45) is 3.50. The highest BCUT2D eigenvalue weighted by atomic mass is 16.7. The van der Waals surface area contributed by atoms with E-state index in [0.29, 0.717) is 33.9 Å². The molecule has 0 amide bonds. The summed E-state index contributed by atoms with van der Waals surface area (Å²) in [5, 5.41) is 11.7. The van der Waals surface area contributed by atoms with Crippen molar-refractivity contribution in [2.45, 2.75) is 0 Å². The number of aromatic nitrogens is 2. The lowest BCUT2D eigenvalue weighted by atomic mass is 10.1. The molecule has 3 aromatic carbocycles. The van der Waals surface area contributed by atoms with E-state index in [0.717, 1.165) is 5.56 Å². The highest BCUT2D eigenvalue weighted by molar-refractivity contribution is 5.80. The number of nitro benzene ring substituents is 1. The molecule has 8 heteroatoms. The molecule has 0 radical (unpaired) electrons. The lowest BCUT2D eigenvalue weighted by Crippen LogP contribution is -2.22. The standard InChI is InChI=1S/C23H15N3O5/c27-23-18-6-1-2-7-19(18)24-22(25(23)16-4-3-5-17(13-16)26(28)29)11-9-15-8-10-20-21(12-15)31-14-30-20/h1-13H,14H2/b11-9+. The van der Waals surface area contributed by atoms with Crippen LogP contribution in [0, 0.1) is 10.1 Å². The third-order valence-corrected chi connectivity index (χ3v) is 4.92. The van der Waals surface area contributed by atoms with Crippen LogP contribution >= 0.6 is 0 Å². The van der Waals surface area contributed by atoms with E-state index in [4.69, 9.17) is 9.47 Å². The molecule has 1 aromatic heterocycles. The molecule has 0 saturated heterocycles. The van der Waals surface area contributed by atoms with E-state index in [1.54, 1.807) is 48.6 Å². The van der Waals surface area contributed by atoms with Gasteiger partial charge in [0.1, 0.15) is 5.82 Å². The van der Waals surface area contributed by atoms with Gasteiger partial charge in [0, 0.05) is 12.1 Å². The lowest BCUT2D eigenvalue weighted by Gasteiger charge is -2.11. The molecule has 0 atom stereocenters. The number of hydrogen-bond donors (Lipinski definition) is 0. The van der Waals surface area contributed by atoms with Gasteiger partial charge in [-0.1, -0.05) is 30.3 Å². The number of benzene rings is 3. The van der Waals surface area contributed by atoms with Gasteiger partial charge in [0.15, 0.2) is 11.5 Å². The van der Waals surface area contributed by atoms with E-state index in [1.807, 2.05) is 18.2 Å². The molecule has 0 saturated carbocycles. The molecule has 0 unspecified atom stereocenters. The second-order valence-electron chi connectivity index (χ2n) is 6.85. The summed E-state index contributed by atoms with van der Waals surface area (Å²) in [6, 6.07) is 18.4. The van der Waals surface area contributed by atoms with Crippen molar-refractivity contribution in [3.63, 3.8) is 0 Å². The summed E-state index contributed by atoms with van der Waals surface area (Å²) in [4.78, 5) is 28.6. The molecule has 0 N–H and O–H groups in total. The smallest absolute Gasteiger partial charge is 0.271 e. The van der Waals surface area contributed by atoms with Gasteiger partial charge in [0.25, 0.3) is 11.2 Å². The van der Waals surface area contributed by atoms with E-state index < -0.39 is 4.92 Å². The number of rotatable bonds is 4. The predicted molar refractivity (Wildman–Crippen MR) is 115 cm³/mol. The molecule has 0 bridgehead atoms. The van der Waals surface area contributed by atoms with Gasteiger partial charge in [-0.25, -0.2) is 4.98 Å². The number of hydrogen-bond acceptors (Lipinski definition) is 6. The maximum atomic E-state index is 13.3. The molecule has 4 aromatic rings. The first-order valence-electron chi connectivity index (χ1n) is 9.44. The van der Waals surface area contributed by atoms with Crippen molar-refractivity contribution in [1.29, 1.82) is 0 Å². The zero-order chi connectivity index (χ0) is 21.4. The molecule has 0 aliphatic carbocycles. The fourth-order valence-corrected chi connectivity index (χ4v) is 3.44. The molecular weight excluding hydrogens is 398 g/mol. The van der Waals surface area contributed by atoms with Crippen molar-refractivity contribution in [3.8, 4) is 17.2 Å². The van der Waals surface area contributed by atoms with E-state index in [1.165, 1.54) is 16.7 Å². The minimum Gasteiger partial charge on any atom is -0.454 e. The van der Waals surface area contributed by atoms with Crippen molar-refractivity contribution in [2.75, 3.05) is 6.79 Å². The average molecular weight is 413 g/mol. The van der Waals surface area contributed by atoms with Gasteiger partial charge >= 0.3 is 0 Å². The van der Waals surface area contributed by atoms with Crippen molar-refractivity contribution >= 4 is 28.7 Å². The molecule has 31 heavy (non-hydrogen) atoms. The molecule has 152 valence electrons. The quantitative estimate of drug-likeness (QED) is 0.368. The van der Waals surface area contributed by atoms with Gasteiger partial charge in [-0.15, -0.1) is 0 Å². The Labute approximate surface area is 175 Å². The highest BCUT2D eigenvalue weighted by Gasteiger charge is 2.15. The Balaban J connectivity index is 1.68. The molecule has 0 spiro atoms. The van der Waals surface area contributed by atoms with Gasteiger partial charge < -0.3 is 9.47 Å². The van der Waals surface area contributed by atoms with Crippen LogP contribution in [-0.2, 0) is 0 Å². The summed E-state index contributed by atoms with van der Waals surface area (Å²) in [5.41, 5.74) is 1.32. The van der Waals surface area contributed by atoms with Gasteiger partial charge in [0.2, 0.25) is 6.79 Å². The van der Waals surface area contributed by atoms with Crippen LogP contribution in [0.2, 0.25) is 0 Å². The van der Waals surface area contributed by atoms with E-state index in [2.05, 4.69) is 4.98 Å². The minimum absolute atomic E-state index is 0.108. The van der Waals surface area contributed by atoms with E-state index >= 15 is 0 Å². The zero-order valence-corrected chi connectivity index (χ0v) is 16.1. The van der Waals surface area contributed by atoms with Crippen LogP contribution in [-0.4, -0.2) is 21.3 Å². The lowest BCUT2D eigenvalue weighted by molar-refractivity contribution is -0.384. The number of ether oxygens (including phenoxy) is 2. The molecule has 1 aliphatic rings. The third kappa shape index (κ3) is 3.40. The Morgan fingerprint density at radius 3 is 2.68 bits per heavy atom. The monoisotopic (exact) mass is 413 g/mol. The fourth-order valence-electron chi connectivity index (χ4n) is 3.44. The number of nitro groups is 1. The molecule has 1 aliphatic heterocycles. The number of nitrogens with zero attached hydrogens (tertiary/aromatic N) is 3. The molecule has 0 fully saturated rings. The summed E-state index contributed by atoms with van der Waals surface area (Å²) >= 11 is 0. The Morgan fingerprint density at radius 1 is 0.968 bits per heavy atom. The second-order valence-corrected chi connectivity index (χ2v) is 6.85. The predicted octanol–water partition coefficient (Wildman–Crippen LogP) is 4.19. The SMILES string of the molecule is O=c1c2ccccc2nc(/C=C/c2ccc3c(c2)OCO3)n1-c1cccc([N+](=O)[O-])c1. The largest absolute Gasteiger partial charge is 0.454 e. The Bertz CT molecular complexity index is 1420. The van der Waals surface area contributed by atoms with Crippen LogP contribution < -0.4 is 15.0 Å². The Morgan fingerprint density at radius 2 is 1.81 bits per heavy atom. The molecule has 8 nitrogen and oxygen atoms in total. The first-order valence-corrected chi connectivity index (χ1v) is 9.44.